The summed E-state index contributed by atoms with van der Waals surface area (Å²) in [5.74, 6) is 0.669. The predicted molar refractivity (Wildman–Crippen MR) is 64.8 cm³/mol. The summed E-state index contributed by atoms with van der Waals surface area (Å²) in [5, 5.41) is 9.81. The van der Waals surface area contributed by atoms with E-state index in [9.17, 15) is 5.11 Å². The Morgan fingerprint density at radius 3 is 2.62 bits per heavy atom. The summed E-state index contributed by atoms with van der Waals surface area (Å²) in [5.41, 5.74) is 13.2. The number of nitrogens with two attached hydrogens (primary N) is 2. The van der Waals surface area contributed by atoms with Crippen LogP contribution in [0.15, 0.2) is 12.1 Å². The summed E-state index contributed by atoms with van der Waals surface area (Å²) in [7, 11) is 1.54. The summed E-state index contributed by atoms with van der Waals surface area (Å²) in [6.45, 7) is 2.46. The zero-order valence-corrected chi connectivity index (χ0v) is 9.86. The van der Waals surface area contributed by atoms with E-state index >= 15 is 0 Å². The number of hydrogen-bond acceptors (Lipinski definition) is 4. The largest absolute Gasteiger partial charge is 0.504 e. The van der Waals surface area contributed by atoms with Crippen LogP contribution in [0.5, 0.6) is 11.5 Å². The van der Waals surface area contributed by atoms with Gasteiger partial charge in [0.2, 0.25) is 0 Å². The lowest BCUT2D eigenvalue weighted by molar-refractivity contribution is 0.369. The Morgan fingerprint density at radius 1 is 1.44 bits per heavy atom. The molecule has 1 unspecified atom stereocenters. The second-order valence-electron chi connectivity index (χ2n) is 4.03. The zero-order chi connectivity index (χ0) is 12.1. The highest BCUT2D eigenvalue weighted by atomic mass is 16.5. The SMILES string of the molecule is COc1c(O)cc(CC(C)N)cc1CCN. The molecule has 4 nitrogen and oxygen atoms in total. The Bertz CT molecular complexity index is 351. The minimum atomic E-state index is 0.0681. The van der Waals surface area contributed by atoms with Crippen LogP contribution in [0.3, 0.4) is 0 Å². The molecule has 16 heavy (non-hydrogen) atoms. The number of phenols is 1. The first-order valence-electron chi connectivity index (χ1n) is 5.42. The predicted octanol–water partition coefficient (Wildman–Crippen LogP) is 0.792. The van der Waals surface area contributed by atoms with E-state index in [1.807, 2.05) is 13.0 Å². The summed E-state index contributed by atoms with van der Waals surface area (Å²) >= 11 is 0. The van der Waals surface area contributed by atoms with Crippen LogP contribution in [0.2, 0.25) is 0 Å². The van der Waals surface area contributed by atoms with Gasteiger partial charge in [0.1, 0.15) is 0 Å². The van der Waals surface area contributed by atoms with Crippen molar-refractivity contribution in [2.45, 2.75) is 25.8 Å². The number of benzene rings is 1. The van der Waals surface area contributed by atoms with Gasteiger partial charge in [-0.15, -0.1) is 0 Å². The van der Waals surface area contributed by atoms with Gasteiger partial charge in [-0.1, -0.05) is 6.07 Å². The molecule has 4 heteroatoms. The van der Waals surface area contributed by atoms with Crippen LogP contribution in [0.4, 0.5) is 0 Å². The minimum Gasteiger partial charge on any atom is -0.504 e. The highest BCUT2D eigenvalue weighted by Gasteiger charge is 2.11. The van der Waals surface area contributed by atoms with Crippen LogP contribution in [-0.2, 0) is 12.8 Å². The molecule has 0 saturated heterocycles. The van der Waals surface area contributed by atoms with E-state index in [1.165, 1.54) is 0 Å². The molecule has 0 fully saturated rings. The van der Waals surface area contributed by atoms with Gasteiger partial charge in [-0.05, 0) is 43.5 Å². The Morgan fingerprint density at radius 2 is 2.12 bits per heavy atom. The molecule has 0 spiro atoms. The average Bonchev–Trinajstić information content (AvgIpc) is 2.16. The maximum atomic E-state index is 9.81. The number of aromatic hydroxyl groups is 1. The summed E-state index contributed by atoms with van der Waals surface area (Å²) < 4.78 is 5.15. The quantitative estimate of drug-likeness (QED) is 0.690. The standard InChI is InChI=1S/C12H20N2O2/c1-8(14)5-9-6-10(3-4-13)12(16-2)11(15)7-9/h6-8,15H,3-5,13-14H2,1-2H3. The number of phenolic OH excluding ortho intramolecular Hbond substituents is 1. The van der Waals surface area contributed by atoms with Crippen LogP contribution < -0.4 is 16.2 Å². The maximum Gasteiger partial charge on any atom is 0.163 e. The number of ether oxygens (including phenoxy) is 1. The average molecular weight is 224 g/mol. The summed E-state index contributed by atoms with van der Waals surface area (Å²) in [6.07, 6.45) is 1.42. The van der Waals surface area contributed by atoms with E-state index in [2.05, 4.69) is 0 Å². The van der Waals surface area contributed by atoms with Crippen molar-refractivity contribution < 1.29 is 9.84 Å². The van der Waals surface area contributed by atoms with Crippen molar-refractivity contribution in [2.24, 2.45) is 11.5 Å². The molecule has 0 aromatic heterocycles. The van der Waals surface area contributed by atoms with Crippen LogP contribution in [-0.4, -0.2) is 24.8 Å². The molecule has 0 radical (unpaired) electrons. The maximum absolute atomic E-state index is 9.81. The first-order valence-corrected chi connectivity index (χ1v) is 5.42. The highest BCUT2D eigenvalue weighted by molar-refractivity contribution is 5.49. The molecule has 5 N–H and O–H groups in total. The van der Waals surface area contributed by atoms with Crippen molar-refractivity contribution >= 4 is 0 Å². The monoisotopic (exact) mass is 224 g/mol. The Labute approximate surface area is 96.2 Å². The van der Waals surface area contributed by atoms with E-state index in [4.69, 9.17) is 16.2 Å². The Kier molecular flexibility index (Phi) is 4.58. The molecule has 1 rings (SSSR count). The van der Waals surface area contributed by atoms with Gasteiger partial charge in [0.05, 0.1) is 7.11 Å². The Balaban J connectivity index is 3.06. The van der Waals surface area contributed by atoms with Gasteiger partial charge >= 0.3 is 0 Å². The van der Waals surface area contributed by atoms with Gasteiger partial charge < -0.3 is 21.3 Å². The van der Waals surface area contributed by atoms with Crippen molar-refractivity contribution in [3.05, 3.63) is 23.3 Å². The first-order chi connectivity index (χ1) is 7.58. The van der Waals surface area contributed by atoms with Gasteiger partial charge in [0.25, 0.3) is 0 Å². The highest BCUT2D eigenvalue weighted by Crippen LogP contribution is 2.32. The Hall–Kier alpha value is -1.26. The van der Waals surface area contributed by atoms with Crippen LogP contribution in [0, 0.1) is 0 Å². The molecule has 90 valence electrons. The minimum absolute atomic E-state index is 0.0681. The van der Waals surface area contributed by atoms with Crippen LogP contribution >= 0.6 is 0 Å². The number of rotatable bonds is 5. The normalized spacial score (nSPS) is 12.5. The van der Waals surface area contributed by atoms with E-state index in [1.54, 1.807) is 13.2 Å². The third kappa shape index (κ3) is 3.12. The van der Waals surface area contributed by atoms with Gasteiger partial charge in [0, 0.05) is 6.04 Å². The zero-order valence-electron chi connectivity index (χ0n) is 9.86. The van der Waals surface area contributed by atoms with Crippen molar-refractivity contribution in [3.8, 4) is 11.5 Å². The molecule has 0 heterocycles. The molecule has 0 bridgehead atoms. The molecule has 0 aliphatic rings. The van der Waals surface area contributed by atoms with E-state index in [0.29, 0.717) is 18.7 Å². The fourth-order valence-corrected chi connectivity index (χ4v) is 1.80. The van der Waals surface area contributed by atoms with E-state index < -0.39 is 0 Å². The first kappa shape index (κ1) is 12.8. The molecule has 1 atom stereocenters. The lowest BCUT2D eigenvalue weighted by Gasteiger charge is -2.13. The lowest BCUT2D eigenvalue weighted by atomic mass is 10.0. The molecule has 1 aromatic carbocycles. The van der Waals surface area contributed by atoms with Crippen molar-refractivity contribution in [1.82, 2.24) is 0 Å². The molecule has 0 saturated carbocycles. The summed E-state index contributed by atoms with van der Waals surface area (Å²) in [4.78, 5) is 0. The smallest absolute Gasteiger partial charge is 0.163 e. The third-order valence-corrected chi connectivity index (χ3v) is 2.38. The van der Waals surface area contributed by atoms with Crippen LogP contribution in [0.25, 0.3) is 0 Å². The topological polar surface area (TPSA) is 81.5 Å². The van der Waals surface area contributed by atoms with Gasteiger partial charge in [-0.3, -0.25) is 0 Å². The third-order valence-electron chi connectivity index (χ3n) is 2.38. The second kappa shape index (κ2) is 5.72. The molecular weight excluding hydrogens is 204 g/mol. The van der Waals surface area contributed by atoms with Crippen molar-refractivity contribution in [3.63, 3.8) is 0 Å². The van der Waals surface area contributed by atoms with E-state index in [0.717, 1.165) is 17.5 Å². The molecular formula is C12H20N2O2. The van der Waals surface area contributed by atoms with Gasteiger partial charge in [-0.25, -0.2) is 0 Å². The summed E-state index contributed by atoms with van der Waals surface area (Å²) in [6, 6.07) is 3.76. The van der Waals surface area contributed by atoms with Crippen molar-refractivity contribution in [2.75, 3.05) is 13.7 Å². The number of hydrogen-bond donors (Lipinski definition) is 3. The van der Waals surface area contributed by atoms with Gasteiger partial charge in [0.15, 0.2) is 11.5 Å². The molecule has 0 aliphatic heterocycles. The second-order valence-corrected chi connectivity index (χ2v) is 4.03. The lowest BCUT2D eigenvalue weighted by Crippen LogP contribution is -2.18. The fourth-order valence-electron chi connectivity index (χ4n) is 1.80. The van der Waals surface area contributed by atoms with Gasteiger partial charge in [-0.2, -0.15) is 0 Å². The molecule has 0 amide bonds. The molecule has 0 aliphatic carbocycles. The molecule has 1 aromatic rings. The van der Waals surface area contributed by atoms with Crippen LogP contribution in [0.1, 0.15) is 18.1 Å². The fraction of sp³-hybridized carbons (Fsp3) is 0.500. The number of methoxy groups -OCH3 is 1. The van der Waals surface area contributed by atoms with E-state index in [-0.39, 0.29) is 11.8 Å². The van der Waals surface area contributed by atoms with Crippen molar-refractivity contribution in [1.29, 1.82) is 0 Å².